The zero-order chi connectivity index (χ0) is 18.8. The summed E-state index contributed by atoms with van der Waals surface area (Å²) in [5.41, 5.74) is -0.767. The molecule has 0 aliphatic heterocycles. The van der Waals surface area contributed by atoms with E-state index in [1.54, 1.807) is 11.3 Å². The largest absolute Gasteiger partial charge is 0.419 e. The Kier molecular flexibility index (Phi) is 7.71. The maximum Gasteiger partial charge on any atom is 0.419 e. The first-order valence-electron chi connectivity index (χ1n) is 8.31. The molecule has 0 aliphatic rings. The summed E-state index contributed by atoms with van der Waals surface area (Å²) < 4.78 is 38.8. The standard InChI is InChI=1S/C17H22F3N5S/c1-2-21-16(24-9-7-13-5-4-12-26-13)25-11-10-23-15-14(17(18,19)20)6-3-8-22-15/h3-6,8,12H,2,7,9-11H2,1H3,(H,22,23)(H2,21,24,25). The van der Waals surface area contributed by atoms with Gasteiger partial charge < -0.3 is 16.0 Å². The molecule has 0 radical (unpaired) electrons. The third-order valence-corrected chi connectivity index (χ3v) is 4.31. The summed E-state index contributed by atoms with van der Waals surface area (Å²) >= 11 is 1.69. The number of thiophene rings is 1. The fourth-order valence-corrected chi connectivity index (χ4v) is 2.91. The summed E-state index contributed by atoms with van der Waals surface area (Å²) in [5, 5.41) is 11.0. The molecule has 9 heteroatoms. The highest BCUT2D eigenvalue weighted by Crippen LogP contribution is 2.33. The lowest BCUT2D eigenvalue weighted by atomic mass is 10.2. The summed E-state index contributed by atoms with van der Waals surface area (Å²) in [6, 6.07) is 6.36. The van der Waals surface area contributed by atoms with Crippen molar-refractivity contribution in [1.82, 2.24) is 15.6 Å². The fraction of sp³-hybridized carbons (Fsp3) is 0.412. The number of hydrogen-bond acceptors (Lipinski definition) is 4. The molecule has 2 heterocycles. The Morgan fingerprint density at radius 3 is 2.73 bits per heavy atom. The van der Waals surface area contributed by atoms with Crippen LogP contribution < -0.4 is 16.0 Å². The van der Waals surface area contributed by atoms with Crippen LogP contribution in [0.25, 0.3) is 0 Å². The number of rotatable bonds is 8. The molecule has 0 spiro atoms. The molecule has 0 atom stereocenters. The molecule has 2 rings (SSSR count). The van der Waals surface area contributed by atoms with Crippen molar-refractivity contribution in [2.24, 2.45) is 4.99 Å². The predicted molar refractivity (Wildman–Crippen MR) is 99.7 cm³/mol. The van der Waals surface area contributed by atoms with Crippen molar-refractivity contribution >= 4 is 23.1 Å². The maximum atomic E-state index is 12.9. The van der Waals surface area contributed by atoms with Crippen molar-refractivity contribution in [1.29, 1.82) is 0 Å². The fourth-order valence-electron chi connectivity index (χ4n) is 2.21. The summed E-state index contributed by atoms with van der Waals surface area (Å²) in [4.78, 5) is 9.50. The van der Waals surface area contributed by atoms with Crippen LogP contribution in [0.15, 0.2) is 40.8 Å². The Hall–Kier alpha value is -2.29. The second kappa shape index (κ2) is 10.0. The second-order valence-electron chi connectivity index (χ2n) is 5.34. The molecule has 0 saturated heterocycles. The number of pyridine rings is 1. The van der Waals surface area contributed by atoms with Gasteiger partial charge in [-0.1, -0.05) is 6.07 Å². The van der Waals surface area contributed by atoms with Crippen LogP contribution >= 0.6 is 11.3 Å². The molecule has 0 aliphatic carbocycles. The Labute approximate surface area is 154 Å². The Morgan fingerprint density at radius 1 is 1.19 bits per heavy atom. The van der Waals surface area contributed by atoms with Crippen LogP contribution in [-0.4, -0.2) is 37.1 Å². The van der Waals surface area contributed by atoms with Crippen molar-refractivity contribution in [3.8, 4) is 0 Å². The molecule has 142 valence electrons. The molecular weight excluding hydrogens is 363 g/mol. The molecule has 0 saturated carbocycles. The highest BCUT2D eigenvalue weighted by molar-refractivity contribution is 7.09. The van der Waals surface area contributed by atoms with E-state index in [1.165, 1.54) is 17.1 Å². The molecule has 0 fully saturated rings. The zero-order valence-electron chi connectivity index (χ0n) is 14.4. The first kappa shape index (κ1) is 20.0. The minimum atomic E-state index is -4.43. The highest BCUT2D eigenvalue weighted by Gasteiger charge is 2.33. The number of anilines is 1. The van der Waals surface area contributed by atoms with Gasteiger partial charge in [0.25, 0.3) is 0 Å². The summed E-state index contributed by atoms with van der Waals surface area (Å²) in [6.45, 7) is 4.00. The van der Waals surface area contributed by atoms with Gasteiger partial charge in [0.15, 0.2) is 5.96 Å². The summed E-state index contributed by atoms with van der Waals surface area (Å²) in [6.07, 6.45) is -2.24. The van der Waals surface area contributed by atoms with Crippen LogP contribution in [0.3, 0.4) is 0 Å². The molecule has 0 unspecified atom stereocenters. The van der Waals surface area contributed by atoms with E-state index in [0.717, 1.165) is 12.5 Å². The zero-order valence-corrected chi connectivity index (χ0v) is 15.3. The Morgan fingerprint density at radius 2 is 2.04 bits per heavy atom. The van der Waals surface area contributed by atoms with E-state index in [-0.39, 0.29) is 12.4 Å². The van der Waals surface area contributed by atoms with Gasteiger partial charge in [0.2, 0.25) is 0 Å². The first-order valence-corrected chi connectivity index (χ1v) is 9.19. The van der Waals surface area contributed by atoms with Crippen molar-refractivity contribution in [3.05, 3.63) is 46.3 Å². The van der Waals surface area contributed by atoms with E-state index in [1.807, 2.05) is 18.4 Å². The third kappa shape index (κ3) is 6.55. The SMILES string of the molecule is CCNC(=NCCc1cccs1)NCCNc1ncccc1C(F)(F)F. The minimum Gasteiger partial charge on any atom is -0.368 e. The van der Waals surface area contributed by atoms with Gasteiger partial charge in [-0.15, -0.1) is 11.3 Å². The van der Waals surface area contributed by atoms with Gasteiger partial charge in [0.05, 0.1) is 5.56 Å². The molecule has 26 heavy (non-hydrogen) atoms. The Bertz CT molecular complexity index is 686. The number of halogens is 3. The molecule has 2 aromatic heterocycles. The summed E-state index contributed by atoms with van der Waals surface area (Å²) in [5.74, 6) is 0.476. The second-order valence-corrected chi connectivity index (χ2v) is 6.37. The van der Waals surface area contributed by atoms with Crippen molar-refractivity contribution in [2.45, 2.75) is 19.5 Å². The number of aliphatic imine (C=N–C) groups is 1. The number of alkyl halides is 3. The number of aromatic nitrogens is 1. The number of guanidine groups is 1. The van der Waals surface area contributed by atoms with E-state index in [9.17, 15) is 13.2 Å². The number of hydrogen-bond donors (Lipinski definition) is 3. The number of nitrogens with zero attached hydrogens (tertiary/aromatic N) is 2. The minimum absolute atomic E-state index is 0.165. The smallest absolute Gasteiger partial charge is 0.368 e. The average Bonchev–Trinajstić information content (AvgIpc) is 3.11. The lowest BCUT2D eigenvalue weighted by Gasteiger charge is -2.14. The maximum absolute atomic E-state index is 12.9. The van der Waals surface area contributed by atoms with E-state index < -0.39 is 11.7 Å². The Balaban J connectivity index is 1.81. The van der Waals surface area contributed by atoms with Gasteiger partial charge in [-0.25, -0.2) is 4.98 Å². The van der Waals surface area contributed by atoms with E-state index in [0.29, 0.717) is 25.6 Å². The van der Waals surface area contributed by atoms with Crippen LogP contribution in [-0.2, 0) is 12.6 Å². The molecule has 2 aromatic rings. The van der Waals surface area contributed by atoms with Crippen LogP contribution in [0.2, 0.25) is 0 Å². The monoisotopic (exact) mass is 385 g/mol. The van der Waals surface area contributed by atoms with Crippen LogP contribution in [0, 0.1) is 0 Å². The average molecular weight is 385 g/mol. The van der Waals surface area contributed by atoms with Gasteiger partial charge in [-0.05, 0) is 30.5 Å². The van der Waals surface area contributed by atoms with E-state index in [2.05, 4.69) is 32.0 Å². The van der Waals surface area contributed by atoms with Gasteiger partial charge in [0.1, 0.15) is 5.82 Å². The van der Waals surface area contributed by atoms with Crippen molar-refractivity contribution in [3.63, 3.8) is 0 Å². The van der Waals surface area contributed by atoms with Gasteiger partial charge in [-0.2, -0.15) is 13.2 Å². The summed E-state index contributed by atoms with van der Waals surface area (Å²) in [7, 11) is 0. The van der Waals surface area contributed by atoms with Crippen LogP contribution in [0.5, 0.6) is 0 Å². The molecule has 3 N–H and O–H groups in total. The molecule has 0 bridgehead atoms. The van der Waals surface area contributed by atoms with Gasteiger partial charge in [0, 0.05) is 43.7 Å². The lowest BCUT2D eigenvalue weighted by Crippen LogP contribution is -2.39. The molecule has 0 aromatic carbocycles. The molecular formula is C17H22F3N5S. The predicted octanol–water partition coefficient (Wildman–Crippen LogP) is 3.37. The van der Waals surface area contributed by atoms with Crippen molar-refractivity contribution in [2.75, 3.05) is 31.5 Å². The van der Waals surface area contributed by atoms with Gasteiger partial charge in [-0.3, -0.25) is 4.99 Å². The van der Waals surface area contributed by atoms with Crippen LogP contribution in [0.1, 0.15) is 17.4 Å². The quantitative estimate of drug-likeness (QED) is 0.370. The van der Waals surface area contributed by atoms with E-state index in [4.69, 9.17) is 0 Å². The normalized spacial score (nSPS) is 12.1. The molecule has 5 nitrogen and oxygen atoms in total. The number of nitrogens with one attached hydrogen (secondary N) is 3. The topological polar surface area (TPSA) is 61.3 Å². The third-order valence-electron chi connectivity index (χ3n) is 3.38. The molecule has 0 amide bonds. The van der Waals surface area contributed by atoms with E-state index >= 15 is 0 Å². The lowest BCUT2D eigenvalue weighted by molar-refractivity contribution is -0.137. The van der Waals surface area contributed by atoms with Gasteiger partial charge >= 0.3 is 6.18 Å². The van der Waals surface area contributed by atoms with Crippen molar-refractivity contribution < 1.29 is 13.2 Å². The first-order chi connectivity index (χ1) is 12.5. The van der Waals surface area contributed by atoms with Crippen LogP contribution in [0.4, 0.5) is 19.0 Å². The highest BCUT2D eigenvalue weighted by atomic mass is 32.1.